The van der Waals surface area contributed by atoms with Crippen molar-refractivity contribution >= 4 is 0 Å². The molecular weight excluding hydrogens is 360 g/mol. The number of nitrogens with zero attached hydrogens (tertiary/aromatic N) is 2. The Morgan fingerprint density at radius 2 is 1.68 bits per heavy atom. The first kappa shape index (κ1) is 18.5. The maximum Gasteiger partial charge on any atom is 0.283 e. The van der Waals surface area contributed by atoms with Crippen LogP contribution < -0.4 is 19.3 Å². The van der Waals surface area contributed by atoms with Crippen LogP contribution in [0.2, 0.25) is 0 Å². The summed E-state index contributed by atoms with van der Waals surface area (Å²) >= 11 is 0. The molecule has 148 valence electrons. The zero-order valence-corrected chi connectivity index (χ0v) is 16.2. The van der Waals surface area contributed by atoms with Gasteiger partial charge < -0.3 is 28.1 Å². The van der Waals surface area contributed by atoms with Crippen molar-refractivity contribution < 1.29 is 28.1 Å². The number of aromatic nitrogens is 2. The highest BCUT2D eigenvalue weighted by atomic mass is 16.5. The summed E-state index contributed by atoms with van der Waals surface area (Å²) in [6, 6.07) is 9.79. The van der Waals surface area contributed by atoms with Crippen molar-refractivity contribution in [3.05, 3.63) is 48.0 Å². The van der Waals surface area contributed by atoms with Gasteiger partial charge in [-0.25, -0.2) is 0 Å². The second-order valence-electron chi connectivity index (χ2n) is 7.02. The van der Waals surface area contributed by atoms with Crippen molar-refractivity contribution in [1.82, 2.24) is 10.2 Å². The number of furan rings is 1. The third-order valence-corrected chi connectivity index (χ3v) is 5.17. The van der Waals surface area contributed by atoms with Crippen molar-refractivity contribution in [1.29, 1.82) is 0 Å². The van der Waals surface area contributed by atoms with Crippen LogP contribution in [0.1, 0.15) is 11.5 Å². The van der Waals surface area contributed by atoms with Crippen LogP contribution in [0.5, 0.6) is 11.5 Å². The number of methoxy groups -OCH3 is 2. The third-order valence-electron chi connectivity index (χ3n) is 5.17. The molecule has 0 spiro atoms. The summed E-state index contributed by atoms with van der Waals surface area (Å²) in [5.74, 6) is 3.26. The molecule has 1 aliphatic rings. The molecule has 2 aromatic heterocycles. The number of benzene rings is 1. The maximum absolute atomic E-state index is 5.73. The van der Waals surface area contributed by atoms with E-state index < -0.39 is 0 Å². The number of ether oxygens (including phenoxy) is 2. The van der Waals surface area contributed by atoms with Crippen LogP contribution in [0.15, 0.2) is 45.4 Å². The van der Waals surface area contributed by atoms with Crippen LogP contribution >= 0.6 is 0 Å². The SMILES string of the molecule is COc1ccc(C[NH+]2CC[NH+](Cc3nnc(-c4ccco4)o3)CC2)cc1OC. The molecule has 0 radical (unpaired) electrons. The zero-order valence-electron chi connectivity index (χ0n) is 16.2. The van der Waals surface area contributed by atoms with Crippen LogP contribution in [0.4, 0.5) is 0 Å². The Morgan fingerprint density at radius 1 is 0.929 bits per heavy atom. The molecule has 1 aromatic carbocycles. The van der Waals surface area contributed by atoms with E-state index >= 15 is 0 Å². The second-order valence-corrected chi connectivity index (χ2v) is 7.02. The van der Waals surface area contributed by atoms with Gasteiger partial charge in [0.2, 0.25) is 0 Å². The number of hydrogen-bond donors (Lipinski definition) is 2. The van der Waals surface area contributed by atoms with Gasteiger partial charge >= 0.3 is 0 Å². The van der Waals surface area contributed by atoms with Gasteiger partial charge in [-0.15, -0.1) is 10.2 Å². The summed E-state index contributed by atoms with van der Waals surface area (Å²) in [7, 11) is 3.33. The Labute approximate surface area is 163 Å². The van der Waals surface area contributed by atoms with E-state index in [1.807, 2.05) is 18.2 Å². The topological polar surface area (TPSA) is 79.4 Å². The van der Waals surface area contributed by atoms with Gasteiger partial charge in [-0.1, -0.05) is 0 Å². The minimum atomic E-state index is 0.442. The summed E-state index contributed by atoms with van der Waals surface area (Å²) in [5.41, 5.74) is 1.26. The lowest BCUT2D eigenvalue weighted by Crippen LogP contribution is -3.27. The first-order valence-electron chi connectivity index (χ1n) is 9.49. The van der Waals surface area contributed by atoms with E-state index in [1.54, 1.807) is 25.4 Å². The lowest BCUT2D eigenvalue weighted by Gasteiger charge is -2.29. The van der Waals surface area contributed by atoms with E-state index in [9.17, 15) is 0 Å². The van der Waals surface area contributed by atoms with Gasteiger partial charge in [-0.3, -0.25) is 0 Å². The summed E-state index contributed by atoms with van der Waals surface area (Å²) in [6.45, 7) is 6.07. The fraction of sp³-hybridized carbons (Fsp3) is 0.400. The normalized spacial score (nSPS) is 19.5. The van der Waals surface area contributed by atoms with E-state index in [-0.39, 0.29) is 0 Å². The van der Waals surface area contributed by atoms with Gasteiger partial charge in [0.05, 0.1) is 20.5 Å². The van der Waals surface area contributed by atoms with E-state index in [4.69, 9.17) is 18.3 Å². The predicted octanol–water partition coefficient (Wildman–Crippen LogP) is -0.170. The van der Waals surface area contributed by atoms with E-state index in [0.717, 1.165) is 50.8 Å². The van der Waals surface area contributed by atoms with Crippen LogP contribution in [-0.4, -0.2) is 50.6 Å². The van der Waals surface area contributed by atoms with E-state index in [1.165, 1.54) is 10.5 Å². The minimum absolute atomic E-state index is 0.442. The van der Waals surface area contributed by atoms with Gasteiger partial charge in [0.1, 0.15) is 32.7 Å². The quantitative estimate of drug-likeness (QED) is 0.587. The summed E-state index contributed by atoms with van der Waals surface area (Å²) in [4.78, 5) is 3.03. The highest BCUT2D eigenvalue weighted by Gasteiger charge is 2.25. The van der Waals surface area contributed by atoms with Crippen LogP contribution in [0.25, 0.3) is 11.7 Å². The van der Waals surface area contributed by atoms with Gasteiger partial charge in [-0.05, 0) is 30.3 Å². The summed E-state index contributed by atoms with van der Waals surface area (Å²) < 4.78 is 21.8. The van der Waals surface area contributed by atoms with Crippen molar-refractivity contribution in [3.63, 3.8) is 0 Å². The number of quaternary nitrogens is 2. The van der Waals surface area contributed by atoms with Crippen molar-refractivity contribution in [2.75, 3.05) is 40.4 Å². The van der Waals surface area contributed by atoms with Crippen molar-refractivity contribution in [3.8, 4) is 23.1 Å². The Kier molecular flexibility index (Phi) is 5.59. The first-order chi connectivity index (χ1) is 13.7. The van der Waals surface area contributed by atoms with Gasteiger partial charge in [0.15, 0.2) is 23.8 Å². The van der Waals surface area contributed by atoms with E-state index in [2.05, 4.69) is 22.3 Å². The number of piperazine rings is 1. The molecule has 0 saturated carbocycles. The molecule has 4 rings (SSSR count). The smallest absolute Gasteiger partial charge is 0.283 e. The highest BCUT2D eigenvalue weighted by Crippen LogP contribution is 2.27. The molecule has 8 nitrogen and oxygen atoms in total. The molecule has 0 bridgehead atoms. The molecule has 3 heterocycles. The average molecular weight is 386 g/mol. The fourth-order valence-corrected chi connectivity index (χ4v) is 3.63. The standard InChI is InChI=1S/C20H24N4O4/c1-25-16-6-5-15(12-18(16)26-2)13-23-7-9-24(10-8-23)14-19-21-22-20(28-19)17-4-3-11-27-17/h3-6,11-12H,7-10,13-14H2,1-2H3/p+2. The molecule has 0 atom stereocenters. The number of rotatable bonds is 7. The minimum Gasteiger partial charge on any atom is -0.493 e. The molecule has 8 heteroatoms. The molecule has 0 aliphatic carbocycles. The van der Waals surface area contributed by atoms with Crippen molar-refractivity contribution in [2.24, 2.45) is 0 Å². The molecule has 1 saturated heterocycles. The largest absolute Gasteiger partial charge is 0.493 e. The molecule has 28 heavy (non-hydrogen) atoms. The van der Waals surface area contributed by atoms with Gasteiger partial charge in [0.25, 0.3) is 11.8 Å². The zero-order chi connectivity index (χ0) is 19.3. The first-order valence-corrected chi connectivity index (χ1v) is 9.49. The molecule has 2 N–H and O–H groups in total. The molecule has 1 aliphatic heterocycles. The summed E-state index contributed by atoms with van der Waals surface area (Å²) in [6.07, 6.45) is 1.60. The Morgan fingerprint density at radius 3 is 2.36 bits per heavy atom. The van der Waals surface area contributed by atoms with Crippen LogP contribution in [0.3, 0.4) is 0 Å². The second kappa shape index (κ2) is 8.45. The van der Waals surface area contributed by atoms with Crippen molar-refractivity contribution in [2.45, 2.75) is 13.1 Å². The fourth-order valence-electron chi connectivity index (χ4n) is 3.63. The monoisotopic (exact) mass is 386 g/mol. The Hall–Kier alpha value is -2.84. The lowest BCUT2D eigenvalue weighted by molar-refractivity contribution is -1.02. The maximum atomic E-state index is 5.73. The highest BCUT2D eigenvalue weighted by molar-refractivity contribution is 5.43. The molecule has 0 unspecified atom stereocenters. The lowest BCUT2D eigenvalue weighted by atomic mass is 10.1. The molecule has 3 aromatic rings. The van der Waals surface area contributed by atoms with E-state index in [0.29, 0.717) is 17.5 Å². The van der Waals surface area contributed by atoms with Gasteiger partial charge in [0, 0.05) is 5.56 Å². The number of nitrogens with one attached hydrogen (secondary N) is 2. The number of hydrogen-bond acceptors (Lipinski definition) is 6. The summed E-state index contributed by atoms with van der Waals surface area (Å²) in [5, 5.41) is 8.23. The molecular formula is C20H26N4O4+2. The van der Waals surface area contributed by atoms with Gasteiger partial charge in [-0.2, -0.15) is 0 Å². The average Bonchev–Trinajstić information content (AvgIpc) is 3.41. The Balaban J connectivity index is 1.29. The molecule has 0 amide bonds. The van der Waals surface area contributed by atoms with Crippen LogP contribution in [-0.2, 0) is 13.1 Å². The molecule has 1 fully saturated rings. The third kappa shape index (κ3) is 4.18. The van der Waals surface area contributed by atoms with Crippen LogP contribution in [0, 0.1) is 0 Å². The predicted molar refractivity (Wildman–Crippen MR) is 100 cm³/mol. The Bertz CT molecular complexity index is 886.